The van der Waals surface area contributed by atoms with E-state index in [0.29, 0.717) is 0 Å². The Morgan fingerprint density at radius 3 is 2.39 bits per heavy atom. The average Bonchev–Trinajstić information content (AvgIpc) is 2.59. The number of benzene rings is 3. The lowest BCUT2D eigenvalue weighted by molar-refractivity contribution is -0.137. The van der Waals surface area contributed by atoms with Crippen molar-refractivity contribution in [3.63, 3.8) is 0 Å². The number of carboxylic acid groups (broad SMARTS) is 1. The van der Waals surface area contributed by atoms with Crippen LogP contribution in [0, 0.1) is 0 Å². The zero-order valence-corrected chi connectivity index (χ0v) is 13.3. The molecule has 0 aliphatic rings. The van der Waals surface area contributed by atoms with E-state index in [9.17, 15) is 4.79 Å². The molecule has 3 rings (SSSR count). The molecule has 0 bridgehead atoms. The van der Waals surface area contributed by atoms with Crippen LogP contribution in [-0.2, 0) is 4.79 Å². The number of carbonyl (C=O) groups is 1. The zero-order chi connectivity index (χ0) is 16.1. The molecular weight excluding hydrogens is 306 g/mol. The Labute approximate surface area is 139 Å². The Balaban J connectivity index is 1.75. The van der Waals surface area contributed by atoms with E-state index in [-0.39, 0.29) is 12.5 Å². The van der Waals surface area contributed by atoms with Gasteiger partial charge in [0.1, 0.15) is 0 Å². The van der Waals surface area contributed by atoms with Crippen molar-refractivity contribution in [2.45, 2.75) is 17.4 Å². The Kier molecular flexibility index (Phi) is 4.95. The number of carboxylic acids is 1. The van der Waals surface area contributed by atoms with E-state index in [1.165, 1.54) is 22.7 Å². The topological polar surface area (TPSA) is 49.3 Å². The molecule has 0 saturated heterocycles. The van der Waals surface area contributed by atoms with Gasteiger partial charge in [-0.25, -0.2) is 0 Å². The highest BCUT2D eigenvalue weighted by molar-refractivity contribution is 7.97. The first-order valence-corrected chi connectivity index (χ1v) is 8.22. The van der Waals surface area contributed by atoms with Crippen molar-refractivity contribution in [2.24, 2.45) is 0 Å². The predicted molar refractivity (Wildman–Crippen MR) is 94.4 cm³/mol. The molecule has 23 heavy (non-hydrogen) atoms. The highest BCUT2D eigenvalue weighted by Gasteiger charge is 2.15. The van der Waals surface area contributed by atoms with Crippen LogP contribution in [0.5, 0.6) is 0 Å². The van der Waals surface area contributed by atoms with Crippen LogP contribution in [0.2, 0.25) is 0 Å². The largest absolute Gasteiger partial charge is 0.481 e. The van der Waals surface area contributed by atoms with Crippen LogP contribution in [-0.4, -0.2) is 11.1 Å². The molecule has 1 atom stereocenters. The standard InChI is InChI=1S/C19H17NO2S/c21-19(22)13-18(15-7-2-1-3-8-15)20-23-17-11-10-14-6-4-5-9-16(14)12-17/h1-12,18,20H,13H2,(H,21,22). The maximum atomic E-state index is 11.1. The molecule has 1 unspecified atom stereocenters. The van der Waals surface area contributed by atoms with Crippen LogP contribution < -0.4 is 4.72 Å². The molecular formula is C19H17NO2S. The third-order valence-corrected chi connectivity index (χ3v) is 4.51. The summed E-state index contributed by atoms with van der Waals surface area (Å²) in [7, 11) is 0. The summed E-state index contributed by atoms with van der Waals surface area (Å²) >= 11 is 1.47. The molecule has 0 spiro atoms. The zero-order valence-electron chi connectivity index (χ0n) is 12.5. The molecule has 3 nitrogen and oxygen atoms in total. The van der Waals surface area contributed by atoms with E-state index >= 15 is 0 Å². The smallest absolute Gasteiger partial charge is 0.305 e. The first-order valence-electron chi connectivity index (χ1n) is 7.40. The molecule has 116 valence electrons. The maximum absolute atomic E-state index is 11.1. The number of fused-ring (bicyclic) bond motifs is 1. The van der Waals surface area contributed by atoms with E-state index in [1.807, 2.05) is 48.5 Å². The fourth-order valence-corrected chi connectivity index (χ4v) is 3.28. The Bertz CT molecular complexity index is 805. The second kappa shape index (κ2) is 7.31. The van der Waals surface area contributed by atoms with E-state index in [0.717, 1.165) is 10.5 Å². The van der Waals surface area contributed by atoms with Crippen LogP contribution in [0.15, 0.2) is 77.7 Å². The van der Waals surface area contributed by atoms with Crippen LogP contribution in [0.25, 0.3) is 10.8 Å². The van der Waals surface area contributed by atoms with Crippen molar-refractivity contribution in [1.82, 2.24) is 4.72 Å². The number of aliphatic carboxylic acids is 1. The third-order valence-electron chi connectivity index (χ3n) is 3.62. The van der Waals surface area contributed by atoms with E-state index < -0.39 is 5.97 Å². The van der Waals surface area contributed by atoms with Gasteiger partial charge in [-0.15, -0.1) is 0 Å². The van der Waals surface area contributed by atoms with Gasteiger partial charge in [-0.2, -0.15) is 0 Å². The molecule has 0 aliphatic heterocycles. The van der Waals surface area contributed by atoms with Gasteiger partial charge in [0.05, 0.1) is 12.5 Å². The van der Waals surface area contributed by atoms with Crippen LogP contribution >= 0.6 is 11.9 Å². The summed E-state index contributed by atoms with van der Waals surface area (Å²) < 4.78 is 3.28. The average molecular weight is 323 g/mol. The summed E-state index contributed by atoms with van der Waals surface area (Å²) in [6.07, 6.45) is 0.0462. The van der Waals surface area contributed by atoms with Crippen molar-refractivity contribution in [3.05, 3.63) is 78.4 Å². The van der Waals surface area contributed by atoms with Gasteiger partial charge in [-0.05, 0) is 40.4 Å². The second-order valence-electron chi connectivity index (χ2n) is 5.29. The summed E-state index contributed by atoms with van der Waals surface area (Å²) in [4.78, 5) is 12.2. The fraction of sp³-hybridized carbons (Fsp3) is 0.105. The molecule has 0 aliphatic carbocycles. The quantitative estimate of drug-likeness (QED) is 0.648. The van der Waals surface area contributed by atoms with Gasteiger partial charge < -0.3 is 5.11 Å². The highest BCUT2D eigenvalue weighted by Crippen LogP contribution is 2.26. The van der Waals surface area contributed by atoms with Gasteiger partial charge in [0.25, 0.3) is 0 Å². The lowest BCUT2D eigenvalue weighted by Crippen LogP contribution is -2.18. The fourth-order valence-electron chi connectivity index (χ4n) is 2.46. The predicted octanol–water partition coefficient (Wildman–Crippen LogP) is 4.65. The van der Waals surface area contributed by atoms with E-state index in [2.05, 4.69) is 29.0 Å². The van der Waals surface area contributed by atoms with Crippen LogP contribution in [0.3, 0.4) is 0 Å². The van der Waals surface area contributed by atoms with Gasteiger partial charge in [-0.3, -0.25) is 9.52 Å². The Morgan fingerprint density at radius 1 is 0.957 bits per heavy atom. The molecule has 3 aromatic carbocycles. The lowest BCUT2D eigenvalue weighted by Gasteiger charge is -2.16. The summed E-state index contributed by atoms with van der Waals surface area (Å²) in [5, 5.41) is 11.5. The summed E-state index contributed by atoms with van der Waals surface area (Å²) in [6, 6.07) is 23.9. The summed E-state index contributed by atoms with van der Waals surface area (Å²) in [6.45, 7) is 0. The van der Waals surface area contributed by atoms with Gasteiger partial charge in [0, 0.05) is 4.90 Å². The Hall–Kier alpha value is -2.30. The monoisotopic (exact) mass is 323 g/mol. The number of hydrogen-bond acceptors (Lipinski definition) is 3. The number of rotatable bonds is 6. The highest BCUT2D eigenvalue weighted by atomic mass is 32.2. The number of hydrogen-bond donors (Lipinski definition) is 2. The molecule has 0 aromatic heterocycles. The van der Waals surface area contributed by atoms with Gasteiger partial charge in [0.15, 0.2) is 0 Å². The lowest BCUT2D eigenvalue weighted by atomic mass is 10.1. The molecule has 0 heterocycles. The molecule has 2 N–H and O–H groups in total. The molecule has 4 heteroatoms. The minimum absolute atomic E-state index is 0.0462. The van der Waals surface area contributed by atoms with Crippen molar-refractivity contribution in [3.8, 4) is 0 Å². The molecule has 3 aromatic rings. The molecule has 0 saturated carbocycles. The van der Waals surface area contributed by atoms with Crippen molar-refractivity contribution < 1.29 is 9.90 Å². The van der Waals surface area contributed by atoms with Gasteiger partial charge >= 0.3 is 5.97 Å². The maximum Gasteiger partial charge on any atom is 0.305 e. The normalized spacial score (nSPS) is 12.2. The molecule has 0 radical (unpaired) electrons. The third kappa shape index (κ3) is 4.12. The van der Waals surface area contributed by atoms with Crippen LogP contribution in [0.1, 0.15) is 18.0 Å². The van der Waals surface area contributed by atoms with Crippen molar-refractivity contribution >= 4 is 28.7 Å². The van der Waals surface area contributed by atoms with E-state index in [4.69, 9.17) is 5.11 Å². The SMILES string of the molecule is O=C(O)CC(NSc1ccc2ccccc2c1)c1ccccc1. The van der Waals surface area contributed by atoms with Crippen molar-refractivity contribution in [1.29, 1.82) is 0 Å². The van der Waals surface area contributed by atoms with Crippen molar-refractivity contribution in [2.75, 3.05) is 0 Å². The molecule has 0 fully saturated rings. The number of nitrogens with one attached hydrogen (secondary N) is 1. The Morgan fingerprint density at radius 2 is 1.65 bits per heavy atom. The summed E-state index contributed by atoms with van der Waals surface area (Å²) in [5.74, 6) is -0.814. The second-order valence-corrected chi connectivity index (χ2v) is 6.20. The first kappa shape index (κ1) is 15.6. The first-order chi connectivity index (χ1) is 11.2. The van der Waals surface area contributed by atoms with Crippen LogP contribution in [0.4, 0.5) is 0 Å². The van der Waals surface area contributed by atoms with E-state index in [1.54, 1.807) is 0 Å². The molecule has 0 amide bonds. The van der Waals surface area contributed by atoms with Gasteiger partial charge in [0.2, 0.25) is 0 Å². The minimum Gasteiger partial charge on any atom is -0.481 e. The summed E-state index contributed by atoms with van der Waals surface area (Å²) in [5.41, 5.74) is 0.975. The minimum atomic E-state index is -0.814. The van der Waals surface area contributed by atoms with Gasteiger partial charge in [-0.1, -0.05) is 60.7 Å².